The summed E-state index contributed by atoms with van der Waals surface area (Å²) in [6, 6.07) is -0.00972. The molecule has 17 heavy (non-hydrogen) atoms. The fraction of sp³-hybridized carbons (Fsp3) is 0.636. The van der Waals surface area contributed by atoms with Crippen molar-refractivity contribution < 1.29 is 4.79 Å². The van der Waals surface area contributed by atoms with Gasteiger partial charge in [0.2, 0.25) is 0 Å². The van der Waals surface area contributed by atoms with Gasteiger partial charge in [-0.25, -0.2) is 4.79 Å². The van der Waals surface area contributed by atoms with E-state index in [1.807, 2.05) is 37.6 Å². The molecule has 0 aliphatic carbocycles. The molecule has 1 aliphatic heterocycles. The number of aryl methyl sites for hydroxylation is 2. The smallest absolute Gasteiger partial charge is 0.322 e. The minimum Gasteiger partial charge on any atom is -0.323 e. The van der Waals surface area contributed by atoms with Crippen molar-refractivity contribution in [1.29, 1.82) is 0 Å². The largest absolute Gasteiger partial charge is 0.323 e. The minimum absolute atomic E-state index is 0.00972. The number of thioether (sulfide) groups is 1. The quantitative estimate of drug-likeness (QED) is 0.828. The Morgan fingerprint density at radius 2 is 2.00 bits per heavy atom. The summed E-state index contributed by atoms with van der Waals surface area (Å²) in [6.45, 7) is 5.53. The van der Waals surface area contributed by atoms with E-state index in [1.165, 1.54) is 0 Å². The van der Waals surface area contributed by atoms with Gasteiger partial charge < -0.3 is 10.2 Å². The molecule has 1 saturated heterocycles. The maximum atomic E-state index is 12.0. The number of urea groups is 1. The molecule has 1 aliphatic rings. The van der Waals surface area contributed by atoms with Crippen molar-refractivity contribution in [2.24, 2.45) is 7.05 Å². The summed E-state index contributed by atoms with van der Waals surface area (Å²) in [7, 11) is 1.88. The summed E-state index contributed by atoms with van der Waals surface area (Å²) in [4.78, 5) is 13.9. The summed E-state index contributed by atoms with van der Waals surface area (Å²) in [5, 5.41) is 7.25. The van der Waals surface area contributed by atoms with E-state index in [-0.39, 0.29) is 6.03 Å². The summed E-state index contributed by atoms with van der Waals surface area (Å²) >= 11 is 1.89. The van der Waals surface area contributed by atoms with Crippen molar-refractivity contribution in [2.75, 3.05) is 29.9 Å². The van der Waals surface area contributed by atoms with E-state index in [0.717, 1.165) is 41.7 Å². The van der Waals surface area contributed by atoms with Gasteiger partial charge in [-0.15, -0.1) is 0 Å². The second-order valence-electron chi connectivity index (χ2n) is 4.20. The van der Waals surface area contributed by atoms with Gasteiger partial charge in [0.1, 0.15) is 0 Å². The molecule has 1 aromatic heterocycles. The van der Waals surface area contributed by atoms with Crippen molar-refractivity contribution in [3.05, 3.63) is 11.4 Å². The molecule has 1 fully saturated rings. The molecule has 2 amide bonds. The van der Waals surface area contributed by atoms with Crippen LogP contribution in [0.15, 0.2) is 0 Å². The van der Waals surface area contributed by atoms with E-state index in [0.29, 0.717) is 0 Å². The van der Waals surface area contributed by atoms with Crippen molar-refractivity contribution in [3.63, 3.8) is 0 Å². The lowest BCUT2D eigenvalue weighted by Crippen LogP contribution is -2.40. The maximum absolute atomic E-state index is 12.0. The van der Waals surface area contributed by atoms with Gasteiger partial charge in [-0.3, -0.25) is 4.68 Å². The molecule has 0 unspecified atom stereocenters. The summed E-state index contributed by atoms with van der Waals surface area (Å²) in [6.07, 6.45) is 0. The van der Waals surface area contributed by atoms with Gasteiger partial charge in [-0.2, -0.15) is 16.9 Å². The van der Waals surface area contributed by atoms with E-state index in [1.54, 1.807) is 4.68 Å². The third-order valence-electron chi connectivity index (χ3n) is 3.04. The Balaban J connectivity index is 2.07. The molecule has 0 aromatic carbocycles. The molecule has 0 bridgehead atoms. The zero-order valence-electron chi connectivity index (χ0n) is 10.5. The lowest BCUT2D eigenvalue weighted by Gasteiger charge is -2.26. The Morgan fingerprint density at radius 3 is 2.53 bits per heavy atom. The first-order chi connectivity index (χ1) is 8.09. The third kappa shape index (κ3) is 2.57. The zero-order valence-corrected chi connectivity index (χ0v) is 11.3. The number of anilines is 1. The Bertz CT molecular complexity index is 423. The second-order valence-corrected chi connectivity index (χ2v) is 5.42. The van der Waals surface area contributed by atoms with Gasteiger partial charge in [0.15, 0.2) is 0 Å². The van der Waals surface area contributed by atoms with Gasteiger partial charge in [-0.1, -0.05) is 0 Å². The Morgan fingerprint density at radius 1 is 1.35 bits per heavy atom. The summed E-state index contributed by atoms with van der Waals surface area (Å²) in [5.74, 6) is 2.05. The fourth-order valence-corrected chi connectivity index (χ4v) is 2.81. The van der Waals surface area contributed by atoms with Crippen molar-refractivity contribution in [3.8, 4) is 0 Å². The highest BCUT2D eigenvalue weighted by Crippen LogP contribution is 2.19. The van der Waals surface area contributed by atoms with E-state index < -0.39 is 0 Å². The number of hydrogen-bond donors (Lipinski definition) is 1. The first-order valence-corrected chi connectivity index (χ1v) is 6.89. The molecule has 1 aromatic rings. The highest BCUT2D eigenvalue weighted by molar-refractivity contribution is 7.99. The van der Waals surface area contributed by atoms with Gasteiger partial charge in [0.25, 0.3) is 0 Å². The SMILES string of the molecule is Cc1nn(C)c(C)c1NC(=O)N1CCSCC1. The van der Waals surface area contributed by atoms with Gasteiger partial charge >= 0.3 is 6.03 Å². The molecule has 0 spiro atoms. The topological polar surface area (TPSA) is 50.2 Å². The number of carbonyl (C=O) groups is 1. The monoisotopic (exact) mass is 254 g/mol. The lowest BCUT2D eigenvalue weighted by atomic mass is 10.3. The van der Waals surface area contributed by atoms with Crippen molar-refractivity contribution in [2.45, 2.75) is 13.8 Å². The standard InChI is InChI=1S/C11H18N4OS/c1-8-10(9(2)14(3)13-8)12-11(16)15-4-6-17-7-5-15/h4-7H2,1-3H3,(H,12,16). The Kier molecular flexibility index (Phi) is 3.61. The highest BCUT2D eigenvalue weighted by Gasteiger charge is 2.19. The van der Waals surface area contributed by atoms with Crippen LogP contribution < -0.4 is 5.32 Å². The van der Waals surface area contributed by atoms with E-state index in [2.05, 4.69) is 10.4 Å². The lowest BCUT2D eigenvalue weighted by molar-refractivity contribution is 0.217. The van der Waals surface area contributed by atoms with Crippen LogP contribution in [0.4, 0.5) is 10.5 Å². The zero-order chi connectivity index (χ0) is 12.4. The summed E-state index contributed by atoms with van der Waals surface area (Å²) in [5.41, 5.74) is 2.70. The van der Waals surface area contributed by atoms with Crippen LogP contribution in [0.5, 0.6) is 0 Å². The fourth-order valence-electron chi connectivity index (χ4n) is 1.91. The van der Waals surface area contributed by atoms with Crippen LogP contribution in [-0.2, 0) is 7.05 Å². The molecule has 1 N–H and O–H groups in total. The normalized spacial score (nSPS) is 16.1. The molecule has 2 rings (SSSR count). The molecule has 5 nitrogen and oxygen atoms in total. The van der Waals surface area contributed by atoms with E-state index in [4.69, 9.17) is 0 Å². The van der Waals surface area contributed by atoms with Crippen molar-refractivity contribution >= 4 is 23.5 Å². The number of aromatic nitrogens is 2. The van der Waals surface area contributed by atoms with Crippen LogP contribution >= 0.6 is 11.8 Å². The highest BCUT2D eigenvalue weighted by atomic mass is 32.2. The Labute approximate surface area is 106 Å². The predicted molar refractivity (Wildman–Crippen MR) is 70.6 cm³/mol. The number of nitrogens with zero attached hydrogens (tertiary/aromatic N) is 3. The maximum Gasteiger partial charge on any atom is 0.322 e. The molecule has 0 saturated carbocycles. The predicted octanol–water partition coefficient (Wildman–Crippen LogP) is 1.62. The molecule has 2 heterocycles. The van der Waals surface area contributed by atoms with Gasteiger partial charge in [0, 0.05) is 31.6 Å². The first-order valence-electron chi connectivity index (χ1n) is 5.73. The number of amides is 2. The van der Waals surface area contributed by atoms with Gasteiger partial charge in [-0.05, 0) is 13.8 Å². The molecular weight excluding hydrogens is 236 g/mol. The second kappa shape index (κ2) is 5.00. The van der Waals surface area contributed by atoms with Crippen LogP contribution in [0, 0.1) is 13.8 Å². The van der Waals surface area contributed by atoms with Crippen LogP contribution in [0.3, 0.4) is 0 Å². The third-order valence-corrected chi connectivity index (χ3v) is 3.98. The molecule has 94 valence electrons. The molecule has 6 heteroatoms. The van der Waals surface area contributed by atoms with Crippen LogP contribution in [0.2, 0.25) is 0 Å². The average Bonchev–Trinajstić information content (AvgIpc) is 2.57. The molecular formula is C11H18N4OS. The van der Waals surface area contributed by atoms with Gasteiger partial charge in [0.05, 0.1) is 17.1 Å². The number of carbonyl (C=O) groups excluding carboxylic acids is 1. The van der Waals surface area contributed by atoms with Crippen molar-refractivity contribution in [1.82, 2.24) is 14.7 Å². The molecule has 0 radical (unpaired) electrons. The van der Waals surface area contributed by atoms with Crippen LogP contribution in [0.25, 0.3) is 0 Å². The average molecular weight is 254 g/mol. The number of hydrogen-bond acceptors (Lipinski definition) is 3. The van der Waals surface area contributed by atoms with Crippen LogP contribution in [-0.4, -0.2) is 45.3 Å². The summed E-state index contributed by atoms with van der Waals surface area (Å²) < 4.78 is 1.79. The van der Waals surface area contributed by atoms with Crippen LogP contribution in [0.1, 0.15) is 11.4 Å². The minimum atomic E-state index is -0.00972. The molecule has 0 atom stereocenters. The van der Waals surface area contributed by atoms with E-state index >= 15 is 0 Å². The van der Waals surface area contributed by atoms with E-state index in [9.17, 15) is 4.79 Å². The Hall–Kier alpha value is -1.17. The first kappa shape index (κ1) is 12.3. The number of nitrogens with one attached hydrogen (secondary N) is 1. The number of rotatable bonds is 1.